The molecule has 136 valence electrons. The molecule has 0 spiro atoms. The van der Waals surface area contributed by atoms with Crippen LogP contribution in [0.4, 0.5) is 17.8 Å². The molecule has 1 aromatic rings. The second-order valence-corrected chi connectivity index (χ2v) is 6.90. The number of nitrogens with one attached hydrogen (secondary N) is 1. The SMILES string of the molecule is CCCCN(CCCC)c1nc(N)nc(NCC2CCCCC2)n1. The minimum atomic E-state index is 0.309. The van der Waals surface area contributed by atoms with Gasteiger partial charge in [-0.2, -0.15) is 15.0 Å². The quantitative estimate of drug-likeness (QED) is 0.676. The molecule has 1 aliphatic carbocycles. The number of aromatic nitrogens is 3. The minimum absolute atomic E-state index is 0.309. The Kier molecular flexibility index (Phi) is 8.05. The lowest BCUT2D eigenvalue weighted by molar-refractivity contribution is 0.373. The summed E-state index contributed by atoms with van der Waals surface area (Å²) in [4.78, 5) is 15.5. The van der Waals surface area contributed by atoms with Gasteiger partial charge in [0.25, 0.3) is 0 Å². The number of anilines is 3. The van der Waals surface area contributed by atoms with Gasteiger partial charge >= 0.3 is 0 Å². The van der Waals surface area contributed by atoms with Crippen LogP contribution in [0.15, 0.2) is 0 Å². The highest BCUT2D eigenvalue weighted by atomic mass is 15.3. The maximum atomic E-state index is 5.93. The zero-order valence-corrected chi connectivity index (χ0v) is 15.4. The van der Waals surface area contributed by atoms with Crippen molar-refractivity contribution >= 4 is 17.8 Å². The fourth-order valence-corrected chi connectivity index (χ4v) is 3.24. The lowest BCUT2D eigenvalue weighted by Gasteiger charge is -2.24. The van der Waals surface area contributed by atoms with Gasteiger partial charge in [-0.3, -0.25) is 0 Å². The summed E-state index contributed by atoms with van der Waals surface area (Å²) in [6.45, 7) is 7.30. The molecular weight excluding hydrogens is 300 g/mol. The predicted octanol–water partition coefficient (Wildman–Crippen LogP) is 3.85. The first-order valence-electron chi connectivity index (χ1n) is 9.73. The third-order valence-corrected chi connectivity index (χ3v) is 4.76. The number of hydrogen-bond acceptors (Lipinski definition) is 6. The van der Waals surface area contributed by atoms with E-state index in [-0.39, 0.29) is 0 Å². The maximum absolute atomic E-state index is 5.93. The van der Waals surface area contributed by atoms with Crippen molar-refractivity contribution in [3.8, 4) is 0 Å². The van der Waals surface area contributed by atoms with Gasteiger partial charge in [0.15, 0.2) is 0 Å². The molecule has 3 N–H and O–H groups in total. The summed E-state index contributed by atoms with van der Waals surface area (Å²) < 4.78 is 0. The minimum Gasteiger partial charge on any atom is -0.368 e. The molecule has 1 aromatic heterocycles. The van der Waals surface area contributed by atoms with Crippen LogP contribution in [-0.4, -0.2) is 34.6 Å². The number of nitrogens with two attached hydrogens (primary N) is 1. The average molecular weight is 335 g/mol. The van der Waals surface area contributed by atoms with E-state index in [1.807, 2.05) is 0 Å². The molecule has 0 aliphatic heterocycles. The zero-order chi connectivity index (χ0) is 17.2. The van der Waals surface area contributed by atoms with Crippen molar-refractivity contribution in [2.24, 2.45) is 5.92 Å². The van der Waals surface area contributed by atoms with Crippen molar-refractivity contribution in [3.63, 3.8) is 0 Å². The van der Waals surface area contributed by atoms with Crippen molar-refractivity contribution < 1.29 is 0 Å². The maximum Gasteiger partial charge on any atom is 0.231 e. The first-order valence-corrected chi connectivity index (χ1v) is 9.73. The molecule has 2 rings (SSSR count). The molecule has 1 saturated carbocycles. The Morgan fingerprint density at radius 2 is 1.67 bits per heavy atom. The molecule has 6 nitrogen and oxygen atoms in total. The molecule has 0 unspecified atom stereocenters. The Balaban J connectivity index is 2.01. The average Bonchev–Trinajstić information content (AvgIpc) is 2.60. The fraction of sp³-hybridized carbons (Fsp3) is 0.833. The molecule has 0 saturated heterocycles. The molecule has 1 heterocycles. The van der Waals surface area contributed by atoms with Crippen LogP contribution in [0.5, 0.6) is 0 Å². The Morgan fingerprint density at radius 1 is 1.00 bits per heavy atom. The van der Waals surface area contributed by atoms with E-state index in [9.17, 15) is 0 Å². The van der Waals surface area contributed by atoms with Crippen LogP contribution in [0.3, 0.4) is 0 Å². The van der Waals surface area contributed by atoms with E-state index in [0.717, 1.165) is 57.2 Å². The number of hydrogen-bond donors (Lipinski definition) is 2. The van der Waals surface area contributed by atoms with Crippen molar-refractivity contribution in [2.75, 3.05) is 35.6 Å². The van der Waals surface area contributed by atoms with Crippen molar-refractivity contribution in [1.82, 2.24) is 15.0 Å². The van der Waals surface area contributed by atoms with Gasteiger partial charge in [-0.05, 0) is 31.6 Å². The number of rotatable bonds is 10. The Hall–Kier alpha value is -1.59. The smallest absolute Gasteiger partial charge is 0.231 e. The Labute approximate surface area is 146 Å². The highest BCUT2D eigenvalue weighted by molar-refractivity contribution is 5.41. The summed E-state index contributed by atoms with van der Waals surface area (Å²) in [5.74, 6) is 2.39. The van der Waals surface area contributed by atoms with Crippen LogP contribution in [0.1, 0.15) is 71.6 Å². The third-order valence-electron chi connectivity index (χ3n) is 4.76. The van der Waals surface area contributed by atoms with E-state index in [1.165, 1.54) is 32.1 Å². The van der Waals surface area contributed by atoms with E-state index in [4.69, 9.17) is 5.73 Å². The van der Waals surface area contributed by atoms with Crippen LogP contribution in [0.2, 0.25) is 0 Å². The highest BCUT2D eigenvalue weighted by Crippen LogP contribution is 2.24. The third kappa shape index (κ3) is 6.13. The molecule has 1 fully saturated rings. The van der Waals surface area contributed by atoms with E-state index < -0.39 is 0 Å². The van der Waals surface area contributed by atoms with E-state index in [2.05, 4.69) is 39.0 Å². The topological polar surface area (TPSA) is 80.0 Å². The van der Waals surface area contributed by atoms with Gasteiger partial charge in [-0.25, -0.2) is 0 Å². The van der Waals surface area contributed by atoms with Gasteiger partial charge in [0.05, 0.1) is 0 Å². The first kappa shape index (κ1) is 18.7. The molecule has 1 aliphatic rings. The van der Waals surface area contributed by atoms with Crippen molar-refractivity contribution in [3.05, 3.63) is 0 Å². The van der Waals surface area contributed by atoms with Crippen LogP contribution in [-0.2, 0) is 0 Å². The molecule has 6 heteroatoms. The molecule has 24 heavy (non-hydrogen) atoms. The fourth-order valence-electron chi connectivity index (χ4n) is 3.24. The van der Waals surface area contributed by atoms with Gasteiger partial charge in [-0.15, -0.1) is 0 Å². The van der Waals surface area contributed by atoms with E-state index in [0.29, 0.717) is 11.9 Å². The number of nitrogen functional groups attached to an aromatic ring is 1. The predicted molar refractivity (Wildman–Crippen MR) is 101 cm³/mol. The zero-order valence-electron chi connectivity index (χ0n) is 15.4. The molecular formula is C18H34N6. The lowest BCUT2D eigenvalue weighted by Crippen LogP contribution is -2.28. The summed E-state index contributed by atoms with van der Waals surface area (Å²) in [6, 6.07) is 0. The van der Waals surface area contributed by atoms with Crippen LogP contribution >= 0.6 is 0 Å². The monoisotopic (exact) mass is 334 g/mol. The van der Waals surface area contributed by atoms with Gasteiger partial charge in [-0.1, -0.05) is 46.0 Å². The molecule has 0 atom stereocenters. The van der Waals surface area contributed by atoms with Crippen molar-refractivity contribution in [2.45, 2.75) is 71.6 Å². The summed E-state index contributed by atoms with van der Waals surface area (Å²) in [7, 11) is 0. The molecule has 0 amide bonds. The summed E-state index contributed by atoms with van der Waals surface area (Å²) in [5.41, 5.74) is 5.93. The number of nitrogens with zero attached hydrogens (tertiary/aromatic N) is 4. The molecule has 0 aromatic carbocycles. The van der Waals surface area contributed by atoms with Gasteiger partial charge in [0.2, 0.25) is 17.8 Å². The Morgan fingerprint density at radius 3 is 2.29 bits per heavy atom. The van der Waals surface area contributed by atoms with E-state index >= 15 is 0 Å². The normalized spacial score (nSPS) is 15.4. The Bertz CT molecular complexity index is 465. The summed E-state index contributed by atoms with van der Waals surface area (Å²) in [6.07, 6.45) is 11.3. The number of unbranched alkanes of at least 4 members (excludes halogenated alkanes) is 2. The second-order valence-electron chi connectivity index (χ2n) is 6.90. The molecule has 0 radical (unpaired) electrons. The van der Waals surface area contributed by atoms with Crippen LogP contribution in [0, 0.1) is 5.92 Å². The van der Waals surface area contributed by atoms with Crippen LogP contribution < -0.4 is 16.0 Å². The summed E-state index contributed by atoms with van der Waals surface area (Å²) in [5, 5.41) is 3.39. The lowest BCUT2D eigenvalue weighted by atomic mass is 9.89. The largest absolute Gasteiger partial charge is 0.368 e. The second kappa shape index (κ2) is 10.3. The van der Waals surface area contributed by atoms with Crippen LogP contribution in [0.25, 0.3) is 0 Å². The van der Waals surface area contributed by atoms with Crippen molar-refractivity contribution in [1.29, 1.82) is 0 Å². The molecule has 0 bridgehead atoms. The first-order chi connectivity index (χ1) is 11.7. The van der Waals surface area contributed by atoms with Gasteiger partial charge in [0, 0.05) is 19.6 Å². The van der Waals surface area contributed by atoms with E-state index in [1.54, 1.807) is 0 Å². The van der Waals surface area contributed by atoms with Gasteiger partial charge < -0.3 is 16.0 Å². The summed E-state index contributed by atoms with van der Waals surface area (Å²) >= 11 is 0. The van der Waals surface area contributed by atoms with Gasteiger partial charge in [0.1, 0.15) is 0 Å². The standard InChI is InChI=1S/C18H34N6/c1-3-5-12-24(13-6-4-2)18-22-16(19)21-17(23-18)20-14-15-10-8-7-9-11-15/h15H,3-14H2,1-2H3,(H3,19,20,21,22,23). The highest BCUT2D eigenvalue weighted by Gasteiger charge is 2.15.